The van der Waals surface area contributed by atoms with Gasteiger partial charge in [-0.25, -0.2) is 5.84 Å². The highest BCUT2D eigenvalue weighted by molar-refractivity contribution is 6.32. The molecule has 1 aromatic heterocycles. The van der Waals surface area contributed by atoms with Crippen LogP contribution in [0.5, 0.6) is 17.8 Å². The third-order valence-electron chi connectivity index (χ3n) is 2.23. The molecule has 10 nitrogen and oxygen atoms in total. The molecule has 0 unspecified atom stereocenters. The van der Waals surface area contributed by atoms with E-state index >= 15 is 0 Å². The molecule has 0 saturated heterocycles. The largest absolute Gasteiger partial charge is 0.467 e. The lowest BCUT2D eigenvalue weighted by atomic mass is 10.3. The van der Waals surface area contributed by atoms with Gasteiger partial charge < -0.3 is 9.47 Å². The zero-order valence-corrected chi connectivity index (χ0v) is 11.4. The van der Waals surface area contributed by atoms with Crippen LogP contribution < -0.4 is 20.7 Å². The van der Waals surface area contributed by atoms with Gasteiger partial charge in [-0.15, -0.1) is 4.98 Å². The monoisotopic (exact) mass is 312 g/mol. The number of rotatable bonds is 5. The number of nitro groups is 1. The van der Waals surface area contributed by atoms with Crippen LogP contribution in [0.25, 0.3) is 0 Å². The number of hydrogen-bond donors (Lipinski definition) is 2. The van der Waals surface area contributed by atoms with E-state index in [0.29, 0.717) is 0 Å². The maximum atomic E-state index is 10.7. The Morgan fingerprint density at radius 2 is 2.05 bits per heavy atom. The van der Waals surface area contributed by atoms with E-state index in [1.54, 1.807) is 0 Å². The predicted octanol–water partition coefficient (Wildman–Crippen LogP) is 1.52. The Hall–Kier alpha value is -2.72. The van der Waals surface area contributed by atoms with Crippen LogP contribution in [-0.4, -0.2) is 27.0 Å². The number of nitrogens with one attached hydrogen (secondary N) is 1. The van der Waals surface area contributed by atoms with Gasteiger partial charge >= 0.3 is 12.0 Å². The van der Waals surface area contributed by atoms with Crippen molar-refractivity contribution in [2.24, 2.45) is 5.84 Å². The number of nitrogen functional groups attached to an aromatic ring is 1. The van der Waals surface area contributed by atoms with Crippen LogP contribution >= 0.6 is 11.6 Å². The Labute approximate surface area is 123 Å². The Kier molecular flexibility index (Phi) is 4.30. The Morgan fingerprint density at radius 1 is 1.33 bits per heavy atom. The molecule has 0 saturated carbocycles. The summed E-state index contributed by atoms with van der Waals surface area (Å²) in [6.07, 6.45) is 0. The van der Waals surface area contributed by atoms with Crippen LogP contribution in [0.4, 0.5) is 11.6 Å². The fourth-order valence-corrected chi connectivity index (χ4v) is 1.58. The fraction of sp³-hybridized carbons (Fsp3) is 0.100. The van der Waals surface area contributed by atoms with E-state index in [1.807, 2.05) is 0 Å². The topological polar surface area (TPSA) is 138 Å². The second-order valence-corrected chi connectivity index (χ2v) is 3.95. The van der Waals surface area contributed by atoms with E-state index in [4.69, 9.17) is 26.9 Å². The van der Waals surface area contributed by atoms with Crippen molar-refractivity contribution in [2.75, 3.05) is 12.5 Å². The number of hydrazine groups is 1. The lowest BCUT2D eigenvalue weighted by molar-refractivity contribution is -0.384. The van der Waals surface area contributed by atoms with E-state index in [-0.39, 0.29) is 34.4 Å². The minimum atomic E-state index is -0.603. The molecule has 21 heavy (non-hydrogen) atoms. The summed E-state index contributed by atoms with van der Waals surface area (Å²) in [5.41, 5.74) is 1.99. The summed E-state index contributed by atoms with van der Waals surface area (Å²) in [5, 5.41) is 10.6. The number of nitrogens with two attached hydrogens (primary N) is 1. The van der Waals surface area contributed by atoms with Gasteiger partial charge in [0.1, 0.15) is 10.8 Å². The minimum absolute atomic E-state index is 0.0130. The van der Waals surface area contributed by atoms with Crippen molar-refractivity contribution in [3.8, 4) is 17.8 Å². The molecule has 0 amide bonds. The highest BCUT2D eigenvalue weighted by Gasteiger charge is 2.14. The number of halogens is 1. The zero-order chi connectivity index (χ0) is 15.4. The molecule has 0 bridgehead atoms. The standard InChI is InChI=1S/C10H9ClN6O4/c1-20-9-13-8(16-12)14-10(15-9)21-5-2-3-7(17(18)19)6(11)4-5/h2-4H,12H2,1H3,(H,13,14,15,16). The van der Waals surface area contributed by atoms with Crippen LogP contribution in [0.15, 0.2) is 18.2 Å². The molecule has 0 aliphatic heterocycles. The summed E-state index contributed by atoms with van der Waals surface area (Å²) >= 11 is 5.78. The van der Waals surface area contributed by atoms with E-state index in [2.05, 4.69) is 20.4 Å². The van der Waals surface area contributed by atoms with Gasteiger partial charge in [-0.2, -0.15) is 9.97 Å². The molecule has 2 rings (SSSR count). The van der Waals surface area contributed by atoms with Crippen molar-refractivity contribution < 1.29 is 14.4 Å². The van der Waals surface area contributed by atoms with Crippen LogP contribution in [0.1, 0.15) is 0 Å². The van der Waals surface area contributed by atoms with Crippen molar-refractivity contribution in [1.82, 2.24) is 15.0 Å². The lowest BCUT2D eigenvalue weighted by Crippen LogP contribution is -2.12. The van der Waals surface area contributed by atoms with Gasteiger partial charge in [0.15, 0.2) is 0 Å². The molecule has 2 aromatic rings. The smallest absolute Gasteiger partial charge is 0.330 e. The highest BCUT2D eigenvalue weighted by atomic mass is 35.5. The maximum Gasteiger partial charge on any atom is 0.330 e. The summed E-state index contributed by atoms with van der Waals surface area (Å²) in [7, 11) is 1.36. The van der Waals surface area contributed by atoms with Gasteiger partial charge in [0, 0.05) is 12.1 Å². The normalized spacial score (nSPS) is 10.0. The quantitative estimate of drug-likeness (QED) is 0.477. The second-order valence-electron chi connectivity index (χ2n) is 3.55. The van der Waals surface area contributed by atoms with Crippen LogP contribution in [0.3, 0.4) is 0 Å². The molecule has 0 fully saturated rings. The number of nitro benzene ring substituents is 1. The van der Waals surface area contributed by atoms with Crippen molar-refractivity contribution in [2.45, 2.75) is 0 Å². The van der Waals surface area contributed by atoms with Crippen LogP contribution in [-0.2, 0) is 0 Å². The Morgan fingerprint density at radius 3 is 2.62 bits per heavy atom. The summed E-state index contributed by atoms with van der Waals surface area (Å²) in [4.78, 5) is 21.5. The van der Waals surface area contributed by atoms with Crippen LogP contribution in [0, 0.1) is 10.1 Å². The number of hydrogen-bond acceptors (Lipinski definition) is 9. The number of methoxy groups -OCH3 is 1. The molecule has 0 aliphatic carbocycles. The second kappa shape index (κ2) is 6.15. The molecular weight excluding hydrogens is 304 g/mol. The highest BCUT2D eigenvalue weighted by Crippen LogP contribution is 2.30. The zero-order valence-electron chi connectivity index (χ0n) is 10.6. The number of nitrogens with zero attached hydrogens (tertiary/aromatic N) is 4. The van der Waals surface area contributed by atoms with Gasteiger partial charge in [0.2, 0.25) is 5.95 Å². The SMILES string of the molecule is COc1nc(NN)nc(Oc2ccc([N+](=O)[O-])c(Cl)c2)n1. The first-order chi connectivity index (χ1) is 10.0. The molecule has 0 spiro atoms. The third kappa shape index (κ3) is 3.43. The summed E-state index contributed by atoms with van der Waals surface area (Å²) in [6, 6.07) is 3.71. The Balaban J connectivity index is 2.29. The van der Waals surface area contributed by atoms with Crippen molar-refractivity contribution in [3.63, 3.8) is 0 Å². The average molecular weight is 313 g/mol. The predicted molar refractivity (Wildman–Crippen MR) is 72.4 cm³/mol. The van der Waals surface area contributed by atoms with Crippen LogP contribution in [0.2, 0.25) is 5.02 Å². The van der Waals surface area contributed by atoms with Crippen molar-refractivity contribution in [3.05, 3.63) is 33.3 Å². The average Bonchev–Trinajstić information content (AvgIpc) is 2.46. The fourth-order valence-electron chi connectivity index (χ4n) is 1.34. The van der Waals surface area contributed by atoms with Gasteiger partial charge in [0.25, 0.3) is 5.69 Å². The molecular formula is C10H9ClN6O4. The molecule has 0 radical (unpaired) electrons. The van der Waals surface area contributed by atoms with Gasteiger partial charge in [-0.3, -0.25) is 15.5 Å². The molecule has 11 heteroatoms. The first-order valence-corrected chi connectivity index (χ1v) is 5.79. The third-order valence-corrected chi connectivity index (χ3v) is 2.53. The van der Waals surface area contributed by atoms with E-state index in [0.717, 1.165) is 0 Å². The number of benzene rings is 1. The number of anilines is 1. The van der Waals surface area contributed by atoms with E-state index in [9.17, 15) is 10.1 Å². The number of ether oxygens (including phenoxy) is 2. The lowest BCUT2D eigenvalue weighted by Gasteiger charge is -2.07. The maximum absolute atomic E-state index is 10.7. The molecule has 3 N–H and O–H groups in total. The molecule has 1 heterocycles. The van der Waals surface area contributed by atoms with Gasteiger partial charge in [-0.05, 0) is 6.07 Å². The summed E-state index contributed by atoms with van der Waals surface area (Å²) in [5.74, 6) is 5.45. The van der Waals surface area contributed by atoms with Gasteiger partial charge in [0.05, 0.1) is 12.0 Å². The Bertz CT molecular complexity index is 660. The number of aromatic nitrogens is 3. The summed E-state index contributed by atoms with van der Waals surface area (Å²) < 4.78 is 10.2. The van der Waals surface area contributed by atoms with E-state index in [1.165, 1.54) is 25.3 Å². The first kappa shape index (κ1) is 14.7. The first-order valence-electron chi connectivity index (χ1n) is 5.42. The van der Waals surface area contributed by atoms with Crippen molar-refractivity contribution in [1.29, 1.82) is 0 Å². The molecule has 1 aromatic carbocycles. The summed E-state index contributed by atoms with van der Waals surface area (Å²) in [6.45, 7) is 0. The molecule has 0 atom stereocenters. The molecule has 110 valence electrons. The van der Waals surface area contributed by atoms with E-state index < -0.39 is 4.92 Å². The molecule has 0 aliphatic rings. The van der Waals surface area contributed by atoms with Gasteiger partial charge in [-0.1, -0.05) is 11.6 Å². The minimum Gasteiger partial charge on any atom is -0.467 e. The van der Waals surface area contributed by atoms with Crippen molar-refractivity contribution >= 4 is 23.2 Å².